The highest BCUT2D eigenvalue weighted by Gasteiger charge is 2.00. The Morgan fingerprint density at radius 2 is 1.67 bits per heavy atom. The number of nitrogens with two attached hydrogens (primary N) is 2. The van der Waals surface area contributed by atoms with Gasteiger partial charge in [0.1, 0.15) is 0 Å². The first-order chi connectivity index (χ1) is 6.54. The van der Waals surface area contributed by atoms with Crippen molar-refractivity contribution in [3.8, 4) is 0 Å². The highest BCUT2D eigenvalue weighted by atomic mass is 127. The molecule has 0 spiro atoms. The van der Waals surface area contributed by atoms with Gasteiger partial charge in [-0.2, -0.15) is 0 Å². The van der Waals surface area contributed by atoms with Crippen LogP contribution >= 0.6 is 0 Å². The lowest BCUT2D eigenvalue weighted by Gasteiger charge is -2.06. The zero-order valence-electron chi connectivity index (χ0n) is 9.13. The topological polar surface area (TPSA) is 76.4 Å². The summed E-state index contributed by atoms with van der Waals surface area (Å²) in [7, 11) is 0. The zero-order chi connectivity index (χ0) is 10.7. The molecule has 0 aliphatic heterocycles. The molecule has 0 saturated heterocycles. The van der Waals surface area contributed by atoms with Gasteiger partial charge in [-0.1, -0.05) is 6.07 Å². The van der Waals surface area contributed by atoms with Gasteiger partial charge in [-0.05, 0) is 43.5 Å². The van der Waals surface area contributed by atoms with Crippen LogP contribution in [-0.2, 0) is 0 Å². The Morgan fingerprint density at radius 1 is 1.13 bits per heavy atom. The molecular formula is C10H16IN4-. The number of nitrogens with zero attached hydrogens (tertiary/aromatic N) is 1. The van der Waals surface area contributed by atoms with Crippen molar-refractivity contribution in [3.05, 3.63) is 28.8 Å². The molecule has 0 atom stereocenters. The van der Waals surface area contributed by atoms with E-state index in [9.17, 15) is 0 Å². The third-order valence-electron chi connectivity index (χ3n) is 2.20. The number of aliphatic imine (C=N–C) groups is 1. The minimum Gasteiger partial charge on any atom is -1.00 e. The van der Waals surface area contributed by atoms with Crippen molar-refractivity contribution in [2.75, 3.05) is 0 Å². The first kappa shape index (κ1) is 14.2. The van der Waals surface area contributed by atoms with Gasteiger partial charge in [-0.25, -0.2) is 10.8 Å². The van der Waals surface area contributed by atoms with Crippen LogP contribution < -0.4 is 41.0 Å². The van der Waals surface area contributed by atoms with Crippen molar-refractivity contribution < 1.29 is 24.0 Å². The molecule has 0 saturated carbocycles. The summed E-state index contributed by atoms with van der Waals surface area (Å²) in [6.45, 7) is 6.11. The number of rotatable bonds is 1. The monoisotopic (exact) mass is 319 g/mol. The van der Waals surface area contributed by atoms with Gasteiger partial charge in [0.2, 0.25) is 5.96 Å². The normalized spacial score (nSPS) is 10.8. The van der Waals surface area contributed by atoms with E-state index in [1.165, 1.54) is 11.1 Å². The molecule has 1 aromatic carbocycles. The first-order valence-corrected chi connectivity index (χ1v) is 4.43. The van der Waals surface area contributed by atoms with Gasteiger partial charge in [0.15, 0.2) is 0 Å². The molecule has 0 aliphatic rings. The molecule has 15 heavy (non-hydrogen) atoms. The average Bonchev–Trinajstić information content (AvgIpc) is 2.14. The smallest absolute Gasteiger partial charge is 0.208 e. The number of halogens is 1. The summed E-state index contributed by atoms with van der Waals surface area (Å²) >= 11 is 0. The van der Waals surface area contributed by atoms with Crippen LogP contribution in [0, 0.1) is 20.8 Å². The Labute approximate surface area is 107 Å². The average molecular weight is 319 g/mol. The van der Waals surface area contributed by atoms with Gasteiger partial charge in [-0.3, -0.25) is 5.43 Å². The van der Waals surface area contributed by atoms with Crippen molar-refractivity contribution in [2.45, 2.75) is 20.8 Å². The maximum Gasteiger partial charge on any atom is 0.208 e. The minimum atomic E-state index is 0. The van der Waals surface area contributed by atoms with Crippen LogP contribution in [0.15, 0.2) is 17.1 Å². The number of benzene rings is 1. The van der Waals surface area contributed by atoms with E-state index in [2.05, 4.69) is 23.4 Å². The molecule has 5 heteroatoms. The van der Waals surface area contributed by atoms with Crippen LogP contribution in [0.25, 0.3) is 0 Å². The second kappa shape index (κ2) is 5.92. The zero-order valence-corrected chi connectivity index (χ0v) is 11.3. The molecule has 1 aromatic rings. The number of hydrogen-bond donors (Lipinski definition) is 3. The quantitative estimate of drug-likeness (QED) is 0.185. The van der Waals surface area contributed by atoms with Gasteiger partial charge in [0, 0.05) is 0 Å². The summed E-state index contributed by atoms with van der Waals surface area (Å²) < 4.78 is 0. The molecule has 0 bridgehead atoms. The lowest BCUT2D eigenvalue weighted by molar-refractivity contribution is -0.00000341. The van der Waals surface area contributed by atoms with Crippen LogP contribution in [0.4, 0.5) is 5.69 Å². The predicted octanol–water partition coefficient (Wildman–Crippen LogP) is -1.97. The number of hydrogen-bond acceptors (Lipinski definition) is 2. The van der Waals surface area contributed by atoms with Crippen molar-refractivity contribution in [2.24, 2.45) is 16.6 Å². The van der Waals surface area contributed by atoms with Crippen LogP contribution in [0.3, 0.4) is 0 Å². The maximum atomic E-state index is 5.48. The second-order valence-electron chi connectivity index (χ2n) is 3.36. The predicted molar refractivity (Wildman–Crippen MR) is 59.3 cm³/mol. The van der Waals surface area contributed by atoms with E-state index in [1.54, 1.807) is 0 Å². The van der Waals surface area contributed by atoms with Gasteiger partial charge in [0.25, 0.3) is 0 Å². The summed E-state index contributed by atoms with van der Waals surface area (Å²) in [5.74, 6) is 5.35. The van der Waals surface area contributed by atoms with Crippen molar-refractivity contribution in [1.82, 2.24) is 5.43 Å². The third-order valence-corrected chi connectivity index (χ3v) is 2.20. The summed E-state index contributed by atoms with van der Waals surface area (Å²) in [4.78, 5) is 4.14. The highest BCUT2D eigenvalue weighted by molar-refractivity contribution is 5.80. The van der Waals surface area contributed by atoms with E-state index in [-0.39, 0.29) is 29.9 Å². The van der Waals surface area contributed by atoms with E-state index in [4.69, 9.17) is 11.6 Å². The van der Waals surface area contributed by atoms with Gasteiger partial charge in [-0.15, -0.1) is 0 Å². The fourth-order valence-electron chi connectivity index (χ4n) is 1.23. The molecule has 4 nitrogen and oxygen atoms in total. The standard InChI is InChI=1S/C10H16N4.HI/c1-6-4-8(3)9(5-7(6)2)13-10(11)14-12;/h4-5H,12H2,1-3H3,(H3,11,13,14);1H/p-1. The van der Waals surface area contributed by atoms with E-state index in [0.29, 0.717) is 0 Å². The molecular weight excluding hydrogens is 303 g/mol. The SMILES string of the molecule is Cc1cc(C)c(N=C(N)NN)cc1C.[I-]. The summed E-state index contributed by atoms with van der Waals surface area (Å²) in [5.41, 5.74) is 12.2. The molecule has 0 aliphatic carbocycles. The molecule has 0 aromatic heterocycles. The molecule has 0 heterocycles. The minimum absolute atomic E-state index is 0. The van der Waals surface area contributed by atoms with Gasteiger partial charge in [0.05, 0.1) is 5.69 Å². The van der Waals surface area contributed by atoms with Crippen LogP contribution in [0.1, 0.15) is 16.7 Å². The Balaban J connectivity index is 0.00000196. The molecule has 0 fully saturated rings. The molecule has 5 N–H and O–H groups in total. The summed E-state index contributed by atoms with van der Waals surface area (Å²) in [5, 5.41) is 0. The lowest BCUT2D eigenvalue weighted by Crippen LogP contribution is -3.00. The molecule has 84 valence electrons. The first-order valence-electron chi connectivity index (χ1n) is 4.43. The number of hydrazine groups is 1. The Bertz CT molecular complexity index is 374. The molecule has 0 amide bonds. The summed E-state index contributed by atoms with van der Waals surface area (Å²) in [6, 6.07) is 4.08. The molecule has 0 radical (unpaired) electrons. The van der Waals surface area contributed by atoms with Crippen molar-refractivity contribution in [1.29, 1.82) is 0 Å². The highest BCUT2D eigenvalue weighted by Crippen LogP contribution is 2.22. The fraction of sp³-hybridized carbons (Fsp3) is 0.300. The van der Waals surface area contributed by atoms with E-state index >= 15 is 0 Å². The molecule has 0 unspecified atom stereocenters. The van der Waals surface area contributed by atoms with E-state index in [1.807, 2.05) is 19.9 Å². The summed E-state index contributed by atoms with van der Waals surface area (Å²) in [6.07, 6.45) is 0. The van der Waals surface area contributed by atoms with Crippen LogP contribution in [0.2, 0.25) is 0 Å². The van der Waals surface area contributed by atoms with Crippen molar-refractivity contribution >= 4 is 11.6 Å². The lowest BCUT2D eigenvalue weighted by atomic mass is 10.1. The fourth-order valence-corrected chi connectivity index (χ4v) is 1.23. The number of guanidine groups is 1. The Morgan fingerprint density at radius 3 is 2.20 bits per heavy atom. The Kier molecular flexibility index (Phi) is 5.59. The second-order valence-corrected chi connectivity index (χ2v) is 3.36. The van der Waals surface area contributed by atoms with E-state index < -0.39 is 0 Å². The number of nitrogens with one attached hydrogen (secondary N) is 1. The van der Waals surface area contributed by atoms with E-state index in [0.717, 1.165) is 11.3 Å². The molecule has 1 rings (SSSR count). The largest absolute Gasteiger partial charge is 1.00 e. The Hall–Kier alpha value is -0.820. The third kappa shape index (κ3) is 3.67. The maximum absolute atomic E-state index is 5.48. The number of aryl methyl sites for hydroxylation is 3. The van der Waals surface area contributed by atoms with Gasteiger partial charge >= 0.3 is 0 Å². The van der Waals surface area contributed by atoms with Crippen LogP contribution in [0.5, 0.6) is 0 Å². The van der Waals surface area contributed by atoms with Gasteiger partial charge < -0.3 is 29.7 Å². The van der Waals surface area contributed by atoms with Crippen LogP contribution in [-0.4, -0.2) is 5.96 Å². The van der Waals surface area contributed by atoms with Crippen molar-refractivity contribution in [3.63, 3.8) is 0 Å².